The summed E-state index contributed by atoms with van der Waals surface area (Å²) in [5.74, 6) is 0.368. The third kappa shape index (κ3) is 5.51. The van der Waals surface area contributed by atoms with Crippen LogP contribution in [0, 0.1) is 0 Å². The van der Waals surface area contributed by atoms with Gasteiger partial charge in [-0.3, -0.25) is 9.59 Å². The number of ether oxygens (including phenoxy) is 1. The molecule has 0 radical (unpaired) electrons. The number of amides is 2. The van der Waals surface area contributed by atoms with Gasteiger partial charge in [-0.25, -0.2) is 4.98 Å². The van der Waals surface area contributed by atoms with Crippen LogP contribution in [0.15, 0.2) is 47.1 Å². The highest BCUT2D eigenvalue weighted by molar-refractivity contribution is 9.10. The Morgan fingerprint density at radius 1 is 1.15 bits per heavy atom. The van der Waals surface area contributed by atoms with Crippen molar-refractivity contribution in [2.24, 2.45) is 0 Å². The van der Waals surface area contributed by atoms with Gasteiger partial charge in [0.25, 0.3) is 5.91 Å². The van der Waals surface area contributed by atoms with E-state index in [2.05, 4.69) is 36.4 Å². The average molecular weight is 433 g/mol. The van der Waals surface area contributed by atoms with Crippen molar-refractivity contribution in [3.63, 3.8) is 0 Å². The van der Waals surface area contributed by atoms with Crippen molar-refractivity contribution in [1.82, 2.24) is 10.3 Å². The first-order valence-corrected chi connectivity index (χ1v) is 9.54. The van der Waals surface area contributed by atoms with Gasteiger partial charge in [-0.1, -0.05) is 15.9 Å². The topological polar surface area (TPSA) is 83.6 Å². The zero-order valence-corrected chi connectivity index (χ0v) is 16.4. The van der Waals surface area contributed by atoms with E-state index in [4.69, 9.17) is 4.74 Å². The number of nitrogens with one attached hydrogen (secondary N) is 2. The minimum absolute atomic E-state index is 0.173. The molecular formula is C19H21BrN4O3. The van der Waals surface area contributed by atoms with Gasteiger partial charge >= 0.3 is 0 Å². The zero-order valence-electron chi connectivity index (χ0n) is 14.8. The molecule has 1 aliphatic heterocycles. The molecular weight excluding hydrogens is 412 g/mol. The van der Waals surface area contributed by atoms with Crippen LogP contribution >= 0.6 is 15.9 Å². The van der Waals surface area contributed by atoms with Crippen LogP contribution < -0.4 is 15.5 Å². The number of anilines is 2. The van der Waals surface area contributed by atoms with Gasteiger partial charge in [0.2, 0.25) is 5.91 Å². The molecule has 8 heteroatoms. The molecule has 0 atom stereocenters. The summed E-state index contributed by atoms with van der Waals surface area (Å²) in [4.78, 5) is 30.8. The molecule has 2 N–H and O–H groups in total. The summed E-state index contributed by atoms with van der Waals surface area (Å²) in [6, 6.07) is 10.7. The number of carbonyl (C=O) groups is 2. The maximum atomic E-state index is 12.3. The summed E-state index contributed by atoms with van der Waals surface area (Å²) in [6.07, 6.45) is 1.89. The number of carbonyl (C=O) groups excluding carboxylic acids is 2. The van der Waals surface area contributed by atoms with Gasteiger partial charge in [-0.2, -0.15) is 0 Å². The molecule has 0 bridgehead atoms. The molecule has 0 spiro atoms. The number of rotatable bonds is 6. The smallest absolute Gasteiger partial charge is 0.251 e. The van der Waals surface area contributed by atoms with Crippen LogP contribution in [0.1, 0.15) is 16.8 Å². The largest absolute Gasteiger partial charge is 0.378 e. The fourth-order valence-electron chi connectivity index (χ4n) is 2.73. The summed E-state index contributed by atoms with van der Waals surface area (Å²) < 4.78 is 6.27. The number of benzene rings is 1. The second kappa shape index (κ2) is 9.48. The Morgan fingerprint density at radius 2 is 1.89 bits per heavy atom. The third-order valence-corrected chi connectivity index (χ3v) is 4.64. The molecule has 1 aromatic carbocycles. The molecule has 0 saturated carbocycles. The third-order valence-electron chi connectivity index (χ3n) is 4.12. The fourth-order valence-corrected chi connectivity index (χ4v) is 2.99. The molecule has 2 aromatic rings. The lowest BCUT2D eigenvalue weighted by Crippen LogP contribution is -2.37. The van der Waals surface area contributed by atoms with Crippen LogP contribution in [0.2, 0.25) is 0 Å². The highest BCUT2D eigenvalue weighted by atomic mass is 79.9. The van der Waals surface area contributed by atoms with Gasteiger partial charge < -0.3 is 20.3 Å². The van der Waals surface area contributed by atoms with E-state index < -0.39 is 0 Å². The summed E-state index contributed by atoms with van der Waals surface area (Å²) in [6.45, 7) is 3.03. The van der Waals surface area contributed by atoms with Crippen molar-refractivity contribution >= 4 is 39.2 Å². The number of halogens is 1. The zero-order chi connectivity index (χ0) is 19.1. The predicted octanol–water partition coefficient (Wildman–Crippen LogP) is 2.44. The van der Waals surface area contributed by atoms with E-state index in [0.29, 0.717) is 24.5 Å². The Morgan fingerprint density at radius 3 is 2.63 bits per heavy atom. The van der Waals surface area contributed by atoms with E-state index in [-0.39, 0.29) is 24.8 Å². The van der Waals surface area contributed by atoms with Crippen LogP contribution in [0.3, 0.4) is 0 Å². The molecule has 1 aliphatic rings. The van der Waals surface area contributed by atoms with Gasteiger partial charge in [-0.05, 0) is 36.4 Å². The molecule has 1 saturated heterocycles. The van der Waals surface area contributed by atoms with Crippen molar-refractivity contribution in [3.8, 4) is 0 Å². The van der Waals surface area contributed by atoms with E-state index in [1.807, 2.05) is 6.07 Å². The van der Waals surface area contributed by atoms with Gasteiger partial charge in [0.05, 0.1) is 18.9 Å². The molecule has 1 fully saturated rings. The van der Waals surface area contributed by atoms with Gasteiger partial charge in [0.1, 0.15) is 0 Å². The number of hydrogen-bond donors (Lipinski definition) is 2. The molecule has 0 unspecified atom stereocenters. The number of hydrogen-bond acceptors (Lipinski definition) is 5. The van der Waals surface area contributed by atoms with Crippen LogP contribution in [0.5, 0.6) is 0 Å². The van der Waals surface area contributed by atoms with Crippen molar-refractivity contribution in [3.05, 3.63) is 52.6 Å². The summed E-state index contributed by atoms with van der Waals surface area (Å²) in [5.41, 5.74) is 1.23. The molecule has 2 amide bonds. The molecule has 0 aliphatic carbocycles. The molecule has 7 nitrogen and oxygen atoms in total. The maximum Gasteiger partial charge on any atom is 0.251 e. The lowest BCUT2D eigenvalue weighted by atomic mass is 10.2. The quantitative estimate of drug-likeness (QED) is 0.732. The van der Waals surface area contributed by atoms with E-state index in [9.17, 15) is 9.59 Å². The average Bonchev–Trinajstić information content (AvgIpc) is 2.69. The Kier molecular flexibility index (Phi) is 6.78. The number of nitrogens with zero attached hydrogens (tertiary/aromatic N) is 2. The van der Waals surface area contributed by atoms with Crippen molar-refractivity contribution in [1.29, 1.82) is 0 Å². The van der Waals surface area contributed by atoms with E-state index in [1.54, 1.807) is 36.5 Å². The predicted molar refractivity (Wildman–Crippen MR) is 107 cm³/mol. The maximum absolute atomic E-state index is 12.3. The Labute approximate surface area is 166 Å². The Bertz CT molecular complexity index is 792. The van der Waals surface area contributed by atoms with E-state index in [0.717, 1.165) is 23.4 Å². The van der Waals surface area contributed by atoms with Crippen LogP contribution in [-0.2, 0) is 9.53 Å². The first-order valence-electron chi connectivity index (χ1n) is 8.75. The van der Waals surface area contributed by atoms with Crippen molar-refractivity contribution in [2.75, 3.05) is 43.1 Å². The molecule has 2 heterocycles. The van der Waals surface area contributed by atoms with Crippen LogP contribution in [-0.4, -0.2) is 49.6 Å². The molecule has 1 aromatic heterocycles. The van der Waals surface area contributed by atoms with E-state index in [1.165, 1.54) is 0 Å². The lowest BCUT2D eigenvalue weighted by molar-refractivity contribution is -0.116. The first-order chi connectivity index (χ1) is 13.1. The van der Waals surface area contributed by atoms with Crippen molar-refractivity contribution in [2.45, 2.75) is 6.42 Å². The van der Waals surface area contributed by atoms with E-state index >= 15 is 0 Å². The summed E-state index contributed by atoms with van der Waals surface area (Å²) in [7, 11) is 0. The molecule has 3 rings (SSSR count). The Balaban J connectivity index is 1.51. The SMILES string of the molecule is O=C(CCNC(=O)c1ccc(Br)cc1)Nc1cccnc1N1CCOCC1. The standard InChI is InChI=1S/C19H21BrN4O3/c20-15-5-3-14(4-6-15)19(26)22-9-7-17(25)23-16-2-1-8-21-18(16)24-10-12-27-13-11-24/h1-6,8H,7,9-13H2,(H,22,26)(H,23,25). The van der Waals surface area contributed by atoms with Crippen LogP contribution in [0.4, 0.5) is 11.5 Å². The second-order valence-corrected chi connectivity index (χ2v) is 6.95. The fraction of sp³-hybridized carbons (Fsp3) is 0.316. The number of morpholine rings is 1. The normalized spacial score (nSPS) is 13.9. The Hall–Kier alpha value is -2.45. The number of aromatic nitrogens is 1. The van der Waals surface area contributed by atoms with Crippen molar-refractivity contribution < 1.29 is 14.3 Å². The number of pyridine rings is 1. The highest BCUT2D eigenvalue weighted by Gasteiger charge is 2.17. The summed E-state index contributed by atoms with van der Waals surface area (Å²) in [5, 5.41) is 5.64. The summed E-state index contributed by atoms with van der Waals surface area (Å²) >= 11 is 3.33. The molecule has 142 valence electrons. The first kappa shape index (κ1) is 19.3. The highest BCUT2D eigenvalue weighted by Crippen LogP contribution is 2.23. The molecule has 27 heavy (non-hydrogen) atoms. The minimum Gasteiger partial charge on any atom is -0.378 e. The van der Waals surface area contributed by atoms with Gasteiger partial charge in [0, 0.05) is 42.3 Å². The minimum atomic E-state index is -0.203. The second-order valence-electron chi connectivity index (χ2n) is 6.03. The van der Waals surface area contributed by atoms with Gasteiger partial charge in [-0.15, -0.1) is 0 Å². The lowest BCUT2D eigenvalue weighted by Gasteiger charge is -2.29. The van der Waals surface area contributed by atoms with Gasteiger partial charge in [0.15, 0.2) is 5.82 Å². The monoisotopic (exact) mass is 432 g/mol. The van der Waals surface area contributed by atoms with Crippen LogP contribution in [0.25, 0.3) is 0 Å².